The second-order valence-corrected chi connectivity index (χ2v) is 4.34. The molecule has 1 saturated heterocycles. The average Bonchev–Trinajstić information content (AvgIpc) is 2.91. The summed E-state index contributed by atoms with van der Waals surface area (Å²) in [5.41, 5.74) is 2.72. The molecular weight excluding hydrogens is 210 g/mol. The highest BCUT2D eigenvalue weighted by Gasteiger charge is 2.17. The molecule has 17 heavy (non-hydrogen) atoms. The molecule has 2 heterocycles. The Bertz CT molecular complexity index is 592. The fraction of sp³-hybridized carbons (Fsp3) is 0.286. The van der Waals surface area contributed by atoms with Crippen LogP contribution in [0.15, 0.2) is 30.5 Å². The minimum absolute atomic E-state index is 0.762. The van der Waals surface area contributed by atoms with Crippen molar-refractivity contribution in [1.29, 1.82) is 5.26 Å². The van der Waals surface area contributed by atoms with E-state index in [1.807, 2.05) is 24.3 Å². The second kappa shape index (κ2) is 4.06. The van der Waals surface area contributed by atoms with Gasteiger partial charge in [0.2, 0.25) is 0 Å². The SMILES string of the molecule is N#Cc1c(N2CCCC2)ccc2ncccc12. The van der Waals surface area contributed by atoms with Crippen molar-refractivity contribution in [3.8, 4) is 6.07 Å². The zero-order valence-corrected chi connectivity index (χ0v) is 9.56. The van der Waals surface area contributed by atoms with Crippen LogP contribution in [0, 0.1) is 11.3 Å². The predicted octanol–water partition coefficient (Wildman–Crippen LogP) is 2.71. The fourth-order valence-corrected chi connectivity index (χ4v) is 2.48. The Morgan fingerprint density at radius 3 is 2.76 bits per heavy atom. The Hall–Kier alpha value is -2.08. The van der Waals surface area contributed by atoms with E-state index in [4.69, 9.17) is 0 Å². The van der Waals surface area contributed by atoms with E-state index in [0.717, 1.165) is 35.2 Å². The van der Waals surface area contributed by atoms with Gasteiger partial charge in [0.25, 0.3) is 0 Å². The fourth-order valence-electron chi connectivity index (χ4n) is 2.48. The van der Waals surface area contributed by atoms with Gasteiger partial charge in [-0.15, -0.1) is 0 Å². The lowest BCUT2D eigenvalue weighted by Gasteiger charge is -2.19. The maximum atomic E-state index is 9.37. The van der Waals surface area contributed by atoms with Crippen LogP contribution >= 0.6 is 0 Å². The molecule has 0 aliphatic carbocycles. The van der Waals surface area contributed by atoms with Gasteiger partial charge in [0, 0.05) is 24.7 Å². The number of pyridine rings is 1. The molecule has 0 N–H and O–H groups in total. The summed E-state index contributed by atoms with van der Waals surface area (Å²) in [6, 6.07) is 10.2. The summed E-state index contributed by atoms with van der Waals surface area (Å²) in [7, 11) is 0. The highest BCUT2D eigenvalue weighted by atomic mass is 15.1. The van der Waals surface area contributed by atoms with Crippen molar-refractivity contribution in [2.75, 3.05) is 18.0 Å². The number of nitrogens with zero attached hydrogens (tertiary/aromatic N) is 3. The Balaban J connectivity index is 2.22. The molecule has 1 aliphatic heterocycles. The molecule has 2 aromatic rings. The average molecular weight is 223 g/mol. The number of benzene rings is 1. The normalized spacial score (nSPS) is 15.1. The Morgan fingerprint density at radius 1 is 1.18 bits per heavy atom. The third-order valence-electron chi connectivity index (χ3n) is 3.32. The summed E-state index contributed by atoms with van der Waals surface area (Å²) in [5, 5.41) is 10.3. The number of aromatic nitrogens is 1. The predicted molar refractivity (Wildman–Crippen MR) is 67.9 cm³/mol. The molecule has 1 fully saturated rings. The zero-order valence-electron chi connectivity index (χ0n) is 9.56. The van der Waals surface area contributed by atoms with Crippen LogP contribution in [0.1, 0.15) is 18.4 Å². The molecule has 0 atom stereocenters. The topological polar surface area (TPSA) is 39.9 Å². The quantitative estimate of drug-likeness (QED) is 0.746. The van der Waals surface area contributed by atoms with Gasteiger partial charge in [0.05, 0.1) is 16.8 Å². The van der Waals surface area contributed by atoms with Gasteiger partial charge in [-0.25, -0.2) is 0 Å². The first kappa shape index (κ1) is 10.1. The van der Waals surface area contributed by atoms with Gasteiger partial charge >= 0.3 is 0 Å². The van der Waals surface area contributed by atoms with E-state index in [-0.39, 0.29) is 0 Å². The third kappa shape index (κ3) is 1.62. The minimum Gasteiger partial charge on any atom is -0.370 e. The molecule has 3 rings (SSSR count). The lowest BCUT2D eigenvalue weighted by atomic mass is 10.1. The number of anilines is 1. The number of fused-ring (bicyclic) bond motifs is 1. The first-order valence-electron chi connectivity index (χ1n) is 5.93. The van der Waals surface area contributed by atoms with Crippen molar-refractivity contribution in [1.82, 2.24) is 4.98 Å². The third-order valence-corrected chi connectivity index (χ3v) is 3.32. The Morgan fingerprint density at radius 2 is 2.00 bits per heavy atom. The first-order valence-corrected chi connectivity index (χ1v) is 5.93. The molecule has 0 unspecified atom stereocenters. The van der Waals surface area contributed by atoms with Crippen LogP contribution in [0.2, 0.25) is 0 Å². The number of hydrogen-bond donors (Lipinski definition) is 0. The maximum absolute atomic E-state index is 9.37. The molecule has 3 nitrogen and oxygen atoms in total. The summed E-state index contributed by atoms with van der Waals surface area (Å²) in [6.45, 7) is 2.11. The highest BCUT2D eigenvalue weighted by molar-refractivity contribution is 5.90. The summed E-state index contributed by atoms with van der Waals surface area (Å²) in [6.07, 6.45) is 4.20. The van der Waals surface area contributed by atoms with Crippen molar-refractivity contribution in [2.45, 2.75) is 12.8 Å². The number of hydrogen-bond acceptors (Lipinski definition) is 3. The van der Waals surface area contributed by atoms with Crippen molar-refractivity contribution in [3.05, 3.63) is 36.0 Å². The molecule has 1 aromatic carbocycles. The summed E-state index contributed by atoms with van der Waals surface area (Å²) >= 11 is 0. The van der Waals surface area contributed by atoms with E-state index in [1.165, 1.54) is 12.8 Å². The molecule has 0 saturated carbocycles. The number of rotatable bonds is 1. The standard InChI is InChI=1S/C14H13N3/c15-10-12-11-4-3-7-16-13(11)5-6-14(12)17-8-1-2-9-17/h3-7H,1-2,8-9H2. The van der Waals surface area contributed by atoms with Gasteiger partial charge in [0.15, 0.2) is 0 Å². The van der Waals surface area contributed by atoms with E-state index < -0.39 is 0 Å². The molecule has 0 amide bonds. The van der Waals surface area contributed by atoms with Crippen LogP contribution in [0.25, 0.3) is 10.9 Å². The van der Waals surface area contributed by atoms with Gasteiger partial charge in [-0.1, -0.05) is 0 Å². The van der Waals surface area contributed by atoms with Crippen molar-refractivity contribution >= 4 is 16.6 Å². The van der Waals surface area contributed by atoms with Gasteiger partial charge in [-0.05, 0) is 37.1 Å². The molecular formula is C14H13N3. The molecule has 0 radical (unpaired) electrons. The molecule has 0 bridgehead atoms. The second-order valence-electron chi connectivity index (χ2n) is 4.34. The summed E-state index contributed by atoms with van der Waals surface area (Å²) in [4.78, 5) is 6.58. The van der Waals surface area contributed by atoms with Crippen molar-refractivity contribution in [3.63, 3.8) is 0 Å². The smallest absolute Gasteiger partial charge is 0.102 e. The van der Waals surface area contributed by atoms with Gasteiger partial charge in [-0.2, -0.15) is 5.26 Å². The van der Waals surface area contributed by atoms with Crippen LogP contribution in [0.5, 0.6) is 0 Å². The van der Waals surface area contributed by atoms with E-state index in [0.29, 0.717) is 0 Å². The molecule has 0 spiro atoms. The van der Waals surface area contributed by atoms with Gasteiger partial charge < -0.3 is 4.90 Å². The lowest BCUT2D eigenvalue weighted by molar-refractivity contribution is 0.949. The highest BCUT2D eigenvalue weighted by Crippen LogP contribution is 2.29. The molecule has 3 heteroatoms. The Labute approximate surface area is 100 Å². The lowest BCUT2D eigenvalue weighted by Crippen LogP contribution is -2.18. The van der Waals surface area contributed by atoms with E-state index in [1.54, 1.807) is 6.20 Å². The van der Waals surface area contributed by atoms with Gasteiger partial charge in [-0.3, -0.25) is 4.98 Å². The summed E-state index contributed by atoms with van der Waals surface area (Å²) in [5.74, 6) is 0. The van der Waals surface area contributed by atoms with Crippen LogP contribution in [-0.2, 0) is 0 Å². The van der Waals surface area contributed by atoms with Crippen LogP contribution in [-0.4, -0.2) is 18.1 Å². The minimum atomic E-state index is 0.762. The molecule has 1 aliphatic rings. The zero-order chi connectivity index (χ0) is 11.7. The van der Waals surface area contributed by atoms with E-state index >= 15 is 0 Å². The largest absolute Gasteiger partial charge is 0.370 e. The number of nitriles is 1. The Kier molecular flexibility index (Phi) is 2.41. The van der Waals surface area contributed by atoms with Crippen molar-refractivity contribution in [2.24, 2.45) is 0 Å². The first-order chi connectivity index (χ1) is 8.40. The monoisotopic (exact) mass is 223 g/mol. The molecule has 1 aromatic heterocycles. The van der Waals surface area contributed by atoms with Gasteiger partial charge in [0.1, 0.15) is 6.07 Å². The van der Waals surface area contributed by atoms with E-state index in [2.05, 4.69) is 16.0 Å². The summed E-state index contributed by atoms with van der Waals surface area (Å²) < 4.78 is 0. The molecule has 84 valence electrons. The van der Waals surface area contributed by atoms with E-state index in [9.17, 15) is 5.26 Å². The van der Waals surface area contributed by atoms with Crippen LogP contribution < -0.4 is 4.90 Å². The van der Waals surface area contributed by atoms with Crippen LogP contribution in [0.4, 0.5) is 5.69 Å². The maximum Gasteiger partial charge on any atom is 0.102 e. The van der Waals surface area contributed by atoms with Crippen LogP contribution in [0.3, 0.4) is 0 Å². The van der Waals surface area contributed by atoms with Crippen molar-refractivity contribution < 1.29 is 0 Å².